The third-order valence-corrected chi connectivity index (χ3v) is 3.01. The van der Waals surface area contributed by atoms with Crippen LogP contribution in [0.3, 0.4) is 0 Å². The standard InChI is InChI=1S/C13H22N4/c1-5-10(4)17(6-2)12-8-11(13(14)15)7-9(3)16-12/h7-8,10H,5-6H2,1-4H3,(H3,14,15). The topological polar surface area (TPSA) is 66.0 Å². The summed E-state index contributed by atoms with van der Waals surface area (Å²) < 4.78 is 0. The summed E-state index contributed by atoms with van der Waals surface area (Å²) in [7, 11) is 0. The number of amidine groups is 1. The van der Waals surface area contributed by atoms with E-state index in [9.17, 15) is 0 Å². The molecule has 17 heavy (non-hydrogen) atoms. The summed E-state index contributed by atoms with van der Waals surface area (Å²) in [5, 5.41) is 7.51. The molecule has 0 aliphatic heterocycles. The number of nitrogen functional groups attached to an aromatic ring is 1. The summed E-state index contributed by atoms with van der Waals surface area (Å²) >= 11 is 0. The number of rotatable bonds is 5. The van der Waals surface area contributed by atoms with E-state index >= 15 is 0 Å². The highest BCUT2D eigenvalue weighted by atomic mass is 15.2. The first-order valence-corrected chi connectivity index (χ1v) is 6.09. The zero-order chi connectivity index (χ0) is 13.0. The molecule has 1 aromatic heterocycles. The number of anilines is 1. The lowest BCUT2D eigenvalue weighted by Gasteiger charge is -2.29. The van der Waals surface area contributed by atoms with Crippen molar-refractivity contribution in [3.8, 4) is 0 Å². The fourth-order valence-corrected chi connectivity index (χ4v) is 1.87. The van der Waals surface area contributed by atoms with E-state index in [-0.39, 0.29) is 5.84 Å². The molecule has 0 saturated carbocycles. The van der Waals surface area contributed by atoms with Gasteiger partial charge in [0, 0.05) is 23.8 Å². The van der Waals surface area contributed by atoms with Crippen LogP contribution >= 0.6 is 0 Å². The molecular weight excluding hydrogens is 212 g/mol. The van der Waals surface area contributed by atoms with E-state index < -0.39 is 0 Å². The minimum atomic E-state index is 0.0944. The number of aromatic nitrogens is 1. The Bertz CT molecular complexity index is 400. The van der Waals surface area contributed by atoms with E-state index in [1.54, 1.807) is 0 Å². The van der Waals surface area contributed by atoms with Crippen molar-refractivity contribution >= 4 is 11.7 Å². The van der Waals surface area contributed by atoms with Crippen molar-refractivity contribution in [2.24, 2.45) is 5.73 Å². The van der Waals surface area contributed by atoms with Crippen molar-refractivity contribution < 1.29 is 0 Å². The fourth-order valence-electron chi connectivity index (χ4n) is 1.87. The van der Waals surface area contributed by atoms with Crippen LogP contribution in [0.25, 0.3) is 0 Å². The van der Waals surface area contributed by atoms with Gasteiger partial charge in [0.05, 0.1) is 0 Å². The lowest BCUT2D eigenvalue weighted by Crippen LogP contribution is -2.33. The minimum absolute atomic E-state index is 0.0944. The van der Waals surface area contributed by atoms with Crippen LogP contribution < -0.4 is 10.6 Å². The highest BCUT2D eigenvalue weighted by Gasteiger charge is 2.13. The Balaban J connectivity index is 3.15. The van der Waals surface area contributed by atoms with E-state index in [0.29, 0.717) is 6.04 Å². The van der Waals surface area contributed by atoms with E-state index in [1.165, 1.54) is 0 Å². The number of pyridine rings is 1. The third-order valence-electron chi connectivity index (χ3n) is 3.01. The molecule has 0 bridgehead atoms. The Hall–Kier alpha value is -1.58. The second kappa shape index (κ2) is 5.66. The number of hydrogen-bond donors (Lipinski definition) is 2. The van der Waals surface area contributed by atoms with Gasteiger partial charge in [0.1, 0.15) is 11.7 Å². The van der Waals surface area contributed by atoms with E-state index in [0.717, 1.165) is 30.0 Å². The van der Waals surface area contributed by atoms with Gasteiger partial charge >= 0.3 is 0 Å². The molecular formula is C13H22N4. The molecule has 0 aliphatic carbocycles. The summed E-state index contributed by atoms with van der Waals surface area (Å²) in [4.78, 5) is 6.77. The average Bonchev–Trinajstić information content (AvgIpc) is 2.28. The van der Waals surface area contributed by atoms with Crippen LogP contribution in [0.4, 0.5) is 5.82 Å². The van der Waals surface area contributed by atoms with Crippen molar-refractivity contribution in [2.45, 2.75) is 40.2 Å². The SMILES string of the molecule is CCC(C)N(CC)c1cc(C(=N)N)cc(C)n1. The Morgan fingerprint density at radius 3 is 2.59 bits per heavy atom. The van der Waals surface area contributed by atoms with Gasteiger partial charge in [-0.25, -0.2) is 4.98 Å². The summed E-state index contributed by atoms with van der Waals surface area (Å²) in [6.07, 6.45) is 1.07. The first-order valence-electron chi connectivity index (χ1n) is 6.09. The van der Waals surface area contributed by atoms with Gasteiger partial charge in [-0.15, -0.1) is 0 Å². The minimum Gasteiger partial charge on any atom is -0.384 e. The molecule has 1 atom stereocenters. The maximum atomic E-state index is 7.51. The van der Waals surface area contributed by atoms with Gasteiger partial charge in [-0.3, -0.25) is 5.41 Å². The number of hydrogen-bond acceptors (Lipinski definition) is 3. The number of aryl methyl sites for hydroxylation is 1. The zero-order valence-corrected chi connectivity index (χ0v) is 11.1. The Kier molecular flexibility index (Phi) is 4.49. The van der Waals surface area contributed by atoms with Crippen molar-refractivity contribution in [1.82, 2.24) is 4.98 Å². The molecule has 4 nitrogen and oxygen atoms in total. The van der Waals surface area contributed by atoms with Crippen molar-refractivity contribution in [3.05, 3.63) is 23.4 Å². The Morgan fingerprint density at radius 1 is 1.47 bits per heavy atom. The lowest BCUT2D eigenvalue weighted by molar-refractivity contribution is 0.622. The largest absolute Gasteiger partial charge is 0.384 e. The Morgan fingerprint density at radius 2 is 2.12 bits per heavy atom. The average molecular weight is 234 g/mol. The van der Waals surface area contributed by atoms with Gasteiger partial charge in [0.15, 0.2) is 0 Å². The molecule has 0 aliphatic rings. The maximum absolute atomic E-state index is 7.51. The van der Waals surface area contributed by atoms with E-state index in [1.807, 2.05) is 19.1 Å². The predicted molar refractivity (Wildman–Crippen MR) is 72.8 cm³/mol. The second-order valence-corrected chi connectivity index (χ2v) is 4.31. The summed E-state index contributed by atoms with van der Waals surface area (Å²) in [5.74, 6) is 1.00. The van der Waals surface area contributed by atoms with Crippen LogP contribution in [-0.2, 0) is 0 Å². The van der Waals surface area contributed by atoms with Crippen molar-refractivity contribution in [1.29, 1.82) is 5.41 Å². The summed E-state index contributed by atoms with van der Waals surface area (Å²) in [6, 6.07) is 4.18. The smallest absolute Gasteiger partial charge is 0.129 e. The van der Waals surface area contributed by atoms with E-state index in [4.69, 9.17) is 11.1 Å². The molecule has 0 fully saturated rings. The van der Waals surface area contributed by atoms with Crippen LogP contribution in [0, 0.1) is 12.3 Å². The molecule has 1 unspecified atom stereocenters. The molecule has 94 valence electrons. The molecule has 0 spiro atoms. The summed E-state index contributed by atoms with van der Waals surface area (Å²) in [5.41, 5.74) is 7.18. The number of nitrogens with zero attached hydrogens (tertiary/aromatic N) is 2. The van der Waals surface area contributed by atoms with Crippen LogP contribution in [0.1, 0.15) is 38.4 Å². The molecule has 1 aromatic rings. The molecule has 1 heterocycles. The normalized spacial score (nSPS) is 12.2. The highest BCUT2D eigenvalue weighted by molar-refractivity contribution is 5.95. The lowest BCUT2D eigenvalue weighted by atomic mass is 10.1. The quantitative estimate of drug-likeness (QED) is 0.607. The third kappa shape index (κ3) is 3.19. The van der Waals surface area contributed by atoms with Crippen molar-refractivity contribution in [3.63, 3.8) is 0 Å². The van der Waals surface area contributed by atoms with Gasteiger partial charge in [0.2, 0.25) is 0 Å². The molecule has 0 radical (unpaired) electrons. The molecule has 1 rings (SSSR count). The highest BCUT2D eigenvalue weighted by Crippen LogP contribution is 2.18. The number of nitrogens with one attached hydrogen (secondary N) is 1. The fraction of sp³-hybridized carbons (Fsp3) is 0.538. The van der Waals surface area contributed by atoms with Gasteiger partial charge in [-0.05, 0) is 39.3 Å². The number of nitrogens with two attached hydrogens (primary N) is 1. The first-order chi connectivity index (χ1) is 7.99. The van der Waals surface area contributed by atoms with E-state index in [2.05, 4.69) is 30.7 Å². The predicted octanol–water partition coefficient (Wildman–Crippen LogP) is 2.30. The zero-order valence-electron chi connectivity index (χ0n) is 11.1. The van der Waals surface area contributed by atoms with Crippen LogP contribution in [0.15, 0.2) is 12.1 Å². The molecule has 0 amide bonds. The summed E-state index contributed by atoms with van der Waals surface area (Å²) in [6.45, 7) is 9.29. The first kappa shape index (κ1) is 13.5. The van der Waals surface area contributed by atoms with Crippen LogP contribution in [-0.4, -0.2) is 23.4 Å². The van der Waals surface area contributed by atoms with Crippen molar-refractivity contribution in [2.75, 3.05) is 11.4 Å². The van der Waals surface area contributed by atoms with Gasteiger partial charge in [-0.1, -0.05) is 6.92 Å². The molecule has 3 N–H and O–H groups in total. The van der Waals surface area contributed by atoms with Crippen LogP contribution in [0.2, 0.25) is 0 Å². The van der Waals surface area contributed by atoms with Gasteiger partial charge in [-0.2, -0.15) is 0 Å². The maximum Gasteiger partial charge on any atom is 0.129 e. The van der Waals surface area contributed by atoms with Gasteiger partial charge in [0.25, 0.3) is 0 Å². The van der Waals surface area contributed by atoms with Crippen LogP contribution in [0.5, 0.6) is 0 Å². The van der Waals surface area contributed by atoms with Gasteiger partial charge < -0.3 is 10.6 Å². The monoisotopic (exact) mass is 234 g/mol. The molecule has 0 saturated heterocycles. The Labute approximate surface area is 103 Å². The molecule has 4 heteroatoms. The molecule has 0 aromatic carbocycles. The second-order valence-electron chi connectivity index (χ2n) is 4.31.